The summed E-state index contributed by atoms with van der Waals surface area (Å²) >= 11 is 3.03. The highest BCUT2D eigenvalue weighted by molar-refractivity contribution is 8.17. The van der Waals surface area contributed by atoms with Crippen molar-refractivity contribution in [3.8, 4) is 0 Å². The van der Waals surface area contributed by atoms with Gasteiger partial charge >= 0.3 is 0 Å². The lowest BCUT2D eigenvalue weighted by Gasteiger charge is -2.28. The quantitative estimate of drug-likeness (QED) is 0.0934. The number of nitrogens with one attached hydrogen (secondary N) is 1. The van der Waals surface area contributed by atoms with Crippen LogP contribution in [0, 0.1) is 0 Å². The Balaban J connectivity index is 2.78. The minimum absolute atomic E-state index is 0.376. The van der Waals surface area contributed by atoms with E-state index in [1.165, 1.54) is 17.3 Å². The van der Waals surface area contributed by atoms with Gasteiger partial charge in [-0.1, -0.05) is 37.6 Å². The van der Waals surface area contributed by atoms with Crippen LogP contribution in [-0.2, 0) is 17.7 Å². The third-order valence-corrected chi connectivity index (χ3v) is 7.70. The Hall–Kier alpha value is -1.56. The number of methoxy groups -OCH3 is 1. The molecule has 0 amide bonds. The highest BCUT2D eigenvalue weighted by atomic mass is 32.2. The molecule has 0 aliphatic carbocycles. The molecule has 0 saturated carbocycles. The Kier molecular flexibility index (Phi) is 16.0. The molecule has 1 unspecified atom stereocenters. The summed E-state index contributed by atoms with van der Waals surface area (Å²) in [6.07, 6.45) is 3.58. The van der Waals surface area contributed by atoms with Gasteiger partial charge in [0.25, 0.3) is 0 Å². The van der Waals surface area contributed by atoms with Gasteiger partial charge in [-0.15, -0.1) is 23.5 Å². The van der Waals surface area contributed by atoms with Crippen LogP contribution in [0.25, 0.3) is 0 Å². The van der Waals surface area contributed by atoms with Gasteiger partial charge in [-0.2, -0.15) is 5.10 Å². The maximum absolute atomic E-state index is 9.42. The molecule has 0 aromatic heterocycles. The molecule has 5 N–H and O–H groups in total. The zero-order chi connectivity index (χ0) is 26.1. The van der Waals surface area contributed by atoms with E-state index in [-0.39, 0.29) is 6.29 Å². The van der Waals surface area contributed by atoms with Gasteiger partial charge in [-0.25, -0.2) is 0 Å². The highest BCUT2D eigenvalue weighted by Gasteiger charge is 2.26. The maximum atomic E-state index is 9.42. The number of thioether (sulfide) groups is 2. The Bertz CT molecular complexity index is 773. The molecule has 0 saturated heterocycles. The van der Waals surface area contributed by atoms with E-state index in [0.29, 0.717) is 31.2 Å². The molecule has 198 valence electrons. The predicted molar refractivity (Wildman–Crippen MR) is 152 cm³/mol. The fourth-order valence-corrected chi connectivity index (χ4v) is 5.08. The first-order valence-corrected chi connectivity index (χ1v) is 13.9. The summed E-state index contributed by atoms with van der Waals surface area (Å²) < 4.78 is 4.54. The number of nitrogens with two attached hydrogens (primary N) is 1. The predicted octanol–water partition coefficient (Wildman–Crippen LogP) is 3.74. The van der Waals surface area contributed by atoms with E-state index >= 15 is 0 Å². The van der Waals surface area contributed by atoms with Crippen molar-refractivity contribution in [3.05, 3.63) is 46.5 Å². The second kappa shape index (κ2) is 17.8. The van der Waals surface area contributed by atoms with Crippen LogP contribution < -0.4 is 11.2 Å². The minimum Gasteiger partial charge on any atom is -0.402 e. The topological polar surface area (TPSA) is 116 Å². The molecule has 0 spiro atoms. The number of rotatable bonds is 19. The van der Waals surface area contributed by atoms with Gasteiger partial charge in [-0.3, -0.25) is 15.3 Å². The van der Waals surface area contributed by atoms with Crippen LogP contribution in [0.15, 0.2) is 45.5 Å². The fraction of sp³-hybridized carbons (Fsp3) is 0.600. The lowest BCUT2D eigenvalue weighted by Crippen LogP contribution is -2.42. The van der Waals surface area contributed by atoms with E-state index < -0.39 is 11.0 Å². The summed E-state index contributed by atoms with van der Waals surface area (Å²) in [6, 6.07) is 8.51. The standard InChI is InChI=1S/C25H43N5O3S2/c1-6-7-14-28-29-24(27-4)30(17-21-10-8-20(9-11-21)13-16-33-5)15-12-22(26)18-34-19-35-25(2,3)23(31)32/h8-11,14,18,23-24,29,31-32H,4,6-7,12-13,15-17,19,26H2,1-3,5H3/b22-18-,28-14+. The van der Waals surface area contributed by atoms with Crippen molar-refractivity contribution in [2.75, 3.05) is 25.3 Å². The average molecular weight is 526 g/mol. The number of aliphatic hydroxyl groups excluding tert-OH is 1. The van der Waals surface area contributed by atoms with Crippen molar-refractivity contribution in [2.24, 2.45) is 15.8 Å². The van der Waals surface area contributed by atoms with Crippen LogP contribution in [0.5, 0.6) is 0 Å². The van der Waals surface area contributed by atoms with Crippen molar-refractivity contribution in [1.29, 1.82) is 0 Å². The van der Waals surface area contributed by atoms with E-state index in [9.17, 15) is 10.2 Å². The zero-order valence-corrected chi connectivity index (χ0v) is 23.2. The summed E-state index contributed by atoms with van der Waals surface area (Å²) in [6.45, 7) is 11.5. The first-order chi connectivity index (χ1) is 16.7. The number of hydrazone groups is 1. The monoisotopic (exact) mass is 525 g/mol. The zero-order valence-electron chi connectivity index (χ0n) is 21.5. The summed E-state index contributed by atoms with van der Waals surface area (Å²) in [5.41, 5.74) is 12.5. The van der Waals surface area contributed by atoms with Crippen LogP contribution >= 0.6 is 23.5 Å². The summed E-state index contributed by atoms with van der Waals surface area (Å²) in [5.74, 6) is 0. The molecular formula is C25H43N5O3S2. The molecule has 8 nitrogen and oxygen atoms in total. The molecule has 1 aromatic rings. The normalized spacial score (nSPS) is 13.7. The second-order valence-corrected chi connectivity index (χ2v) is 11.5. The fourth-order valence-electron chi connectivity index (χ4n) is 2.84. The number of unbranched alkanes of at least 4 members (excludes halogenated alkanes) is 1. The molecule has 1 rings (SSSR count). The van der Waals surface area contributed by atoms with Crippen molar-refractivity contribution < 1.29 is 14.9 Å². The summed E-state index contributed by atoms with van der Waals surface area (Å²) in [7, 11) is 1.71. The van der Waals surface area contributed by atoms with Gasteiger partial charge in [0.2, 0.25) is 0 Å². The molecule has 35 heavy (non-hydrogen) atoms. The third kappa shape index (κ3) is 13.4. The number of aliphatic hydroxyl groups is 2. The van der Waals surface area contributed by atoms with Crippen molar-refractivity contribution >= 4 is 36.5 Å². The van der Waals surface area contributed by atoms with E-state index in [4.69, 9.17) is 10.5 Å². The molecule has 0 fully saturated rings. The van der Waals surface area contributed by atoms with Gasteiger partial charge in [0, 0.05) is 43.6 Å². The number of nitrogens with zero attached hydrogens (tertiary/aromatic N) is 3. The summed E-state index contributed by atoms with van der Waals surface area (Å²) in [5, 5.41) is 25.8. The molecule has 0 radical (unpaired) electrons. The van der Waals surface area contributed by atoms with Crippen LogP contribution in [0.3, 0.4) is 0 Å². The van der Waals surface area contributed by atoms with Crippen molar-refractivity contribution in [3.63, 3.8) is 0 Å². The van der Waals surface area contributed by atoms with Crippen LogP contribution in [0.2, 0.25) is 0 Å². The maximum Gasteiger partial charge on any atom is 0.190 e. The van der Waals surface area contributed by atoms with Crippen molar-refractivity contribution in [1.82, 2.24) is 10.3 Å². The van der Waals surface area contributed by atoms with Crippen LogP contribution in [0.1, 0.15) is 51.2 Å². The molecule has 0 aliphatic heterocycles. The number of benzene rings is 1. The van der Waals surface area contributed by atoms with Gasteiger partial charge in [0.05, 0.1) is 11.4 Å². The third-order valence-electron chi connectivity index (χ3n) is 5.26. The van der Waals surface area contributed by atoms with E-state index in [0.717, 1.165) is 30.5 Å². The number of hydrogen-bond acceptors (Lipinski definition) is 10. The number of ether oxygens (including phenoxy) is 1. The van der Waals surface area contributed by atoms with E-state index in [1.54, 1.807) is 32.7 Å². The van der Waals surface area contributed by atoms with Crippen LogP contribution in [-0.4, -0.2) is 70.7 Å². The lowest BCUT2D eigenvalue weighted by molar-refractivity contribution is -0.0605. The Labute approximate surface area is 219 Å². The Morgan fingerprint density at radius 2 is 1.97 bits per heavy atom. The smallest absolute Gasteiger partial charge is 0.190 e. The molecule has 1 atom stereocenters. The highest BCUT2D eigenvalue weighted by Crippen LogP contribution is 2.30. The minimum atomic E-state index is -1.37. The molecule has 1 aromatic carbocycles. The van der Waals surface area contributed by atoms with E-state index in [1.807, 2.05) is 11.6 Å². The molecule has 10 heteroatoms. The van der Waals surface area contributed by atoms with Crippen LogP contribution in [0.4, 0.5) is 0 Å². The SMILES string of the molecule is C=NC(N/N=C/CCC)N(CC/C(N)=C/SCSC(C)(C)C(O)O)Cc1ccc(CCOC)cc1. The summed E-state index contributed by atoms with van der Waals surface area (Å²) in [4.78, 5) is 6.41. The molecule has 0 aliphatic rings. The second-order valence-electron chi connectivity index (χ2n) is 8.66. The Morgan fingerprint density at radius 3 is 2.57 bits per heavy atom. The largest absolute Gasteiger partial charge is 0.402 e. The average Bonchev–Trinajstić information content (AvgIpc) is 2.84. The van der Waals surface area contributed by atoms with Gasteiger partial charge in [-0.05, 0) is 49.9 Å². The Morgan fingerprint density at radius 1 is 1.29 bits per heavy atom. The molecule has 0 heterocycles. The first-order valence-electron chi connectivity index (χ1n) is 11.8. The first kappa shape index (κ1) is 31.5. The number of hydrogen-bond donors (Lipinski definition) is 4. The van der Waals surface area contributed by atoms with E-state index in [2.05, 4.69) is 58.3 Å². The van der Waals surface area contributed by atoms with Gasteiger partial charge in [0.1, 0.15) is 0 Å². The number of aliphatic imine (C=N–C) groups is 1. The van der Waals surface area contributed by atoms with Crippen molar-refractivity contribution in [2.45, 2.75) is 70.3 Å². The van der Waals surface area contributed by atoms with Gasteiger partial charge in [0.15, 0.2) is 12.6 Å². The molecular weight excluding hydrogens is 482 g/mol. The molecule has 0 bridgehead atoms. The lowest BCUT2D eigenvalue weighted by atomic mass is 10.1. The van der Waals surface area contributed by atoms with Gasteiger partial charge < -0.3 is 20.7 Å².